The number of primary amides is 1. The first-order valence-corrected chi connectivity index (χ1v) is 19.0. The van der Waals surface area contributed by atoms with Crippen molar-refractivity contribution in [2.45, 2.75) is 124 Å². The minimum absolute atomic E-state index is 0.00595. The van der Waals surface area contributed by atoms with Gasteiger partial charge in [0.25, 0.3) is 0 Å². The summed E-state index contributed by atoms with van der Waals surface area (Å²) in [6.45, 7) is 13.5. The number of amides is 6. The standard InChI is InChI=1S/C38H63N9O7/c1-8-24(6)32(45-35(52)31(47(25(7)48)21-23(4)5)20-26-13-15-27(49)16-14-26)36(53)43-28(11-9-17-42-38(40)41)34(51)44-29(19-22(2)3)37(54)46-18-10-12-30(46)33(39)50/h13-16,22-24,28-32,49H,8-12,17-21H2,1-7H3,(H2,39,50)(H,43,53)(H,44,51)(H,45,52)(H4,40,41,42)/t24-,28-,29-,30-,31-,32-/m0/s1. The summed E-state index contributed by atoms with van der Waals surface area (Å²) in [7, 11) is 0. The Morgan fingerprint density at radius 2 is 1.54 bits per heavy atom. The minimum atomic E-state index is -1.15. The first-order chi connectivity index (χ1) is 25.4. The number of carbonyl (C=O) groups excluding carboxylic acids is 6. The number of rotatable bonds is 21. The third kappa shape index (κ3) is 14.2. The number of likely N-dealkylation sites (tertiary alicyclic amines) is 1. The molecular weight excluding hydrogens is 694 g/mol. The van der Waals surface area contributed by atoms with Crippen molar-refractivity contribution < 1.29 is 33.9 Å². The molecule has 16 heteroatoms. The molecule has 1 aromatic carbocycles. The zero-order valence-electron chi connectivity index (χ0n) is 33.0. The van der Waals surface area contributed by atoms with Gasteiger partial charge in [0.1, 0.15) is 36.0 Å². The normalized spacial score (nSPS) is 16.8. The highest BCUT2D eigenvalue weighted by Crippen LogP contribution is 2.21. The minimum Gasteiger partial charge on any atom is -0.508 e. The summed E-state index contributed by atoms with van der Waals surface area (Å²) in [5.41, 5.74) is 17.3. The zero-order chi connectivity index (χ0) is 40.7. The van der Waals surface area contributed by atoms with Gasteiger partial charge in [-0.05, 0) is 67.6 Å². The summed E-state index contributed by atoms with van der Waals surface area (Å²) < 4.78 is 0. The highest BCUT2D eigenvalue weighted by Gasteiger charge is 2.39. The highest BCUT2D eigenvalue weighted by atomic mass is 16.3. The second-order valence-corrected chi connectivity index (χ2v) is 15.1. The number of guanidine groups is 1. The van der Waals surface area contributed by atoms with Crippen molar-refractivity contribution in [2.24, 2.45) is 39.9 Å². The molecule has 6 amide bonds. The van der Waals surface area contributed by atoms with E-state index in [1.54, 1.807) is 19.1 Å². The Morgan fingerprint density at radius 3 is 2.07 bits per heavy atom. The quantitative estimate of drug-likeness (QED) is 0.0533. The average molecular weight is 758 g/mol. The van der Waals surface area contributed by atoms with Gasteiger partial charge < -0.3 is 48.1 Å². The molecular formula is C38H63N9O7. The Balaban J connectivity index is 2.43. The number of carbonyl (C=O) groups is 6. The molecule has 1 heterocycles. The van der Waals surface area contributed by atoms with Crippen LogP contribution in [-0.2, 0) is 35.2 Å². The van der Waals surface area contributed by atoms with Crippen LogP contribution in [0.2, 0.25) is 0 Å². The lowest BCUT2D eigenvalue weighted by molar-refractivity contribution is -0.142. The molecule has 1 aromatic rings. The molecule has 0 saturated carbocycles. The molecule has 0 aliphatic carbocycles. The number of benzene rings is 1. The van der Waals surface area contributed by atoms with Crippen LogP contribution >= 0.6 is 0 Å². The summed E-state index contributed by atoms with van der Waals surface area (Å²) in [6.07, 6.45) is 2.33. The van der Waals surface area contributed by atoms with Gasteiger partial charge in [0.05, 0.1) is 0 Å². The van der Waals surface area contributed by atoms with E-state index in [0.717, 1.165) is 0 Å². The van der Waals surface area contributed by atoms with Crippen LogP contribution in [0.1, 0.15) is 92.6 Å². The van der Waals surface area contributed by atoms with Crippen LogP contribution in [0.4, 0.5) is 0 Å². The summed E-state index contributed by atoms with van der Waals surface area (Å²) in [4.78, 5) is 87.9. The number of hydrogen-bond donors (Lipinski definition) is 7. The zero-order valence-corrected chi connectivity index (χ0v) is 33.0. The van der Waals surface area contributed by atoms with Crippen molar-refractivity contribution in [1.29, 1.82) is 0 Å². The smallest absolute Gasteiger partial charge is 0.245 e. The fourth-order valence-electron chi connectivity index (χ4n) is 6.55. The first-order valence-electron chi connectivity index (χ1n) is 19.0. The molecule has 0 bridgehead atoms. The predicted molar refractivity (Wildman–Crippen MR) is 206 cm³/mol. The lowest BCUT2D eigenvalue weighted by Crippen LogP contribution is -2.60. The van der Waals surface area contributed by atoms with Gasteiger partial charge in [-0.3, -0.25) is 33.8 Å². The second kappa shape index (κ2) is 21.7. The van der Waals surface area contributed by atoms with Crippen LogP contribution in [0, 0.1) is 17.8 Å². The van der Waals surface area contributed by atoms with Crippen molar-refractivity contribution in [3.05, 3.63) is 29.8 Å². The molecule has 0 spiro atoms. The summed E-state index contributed by atoms with van der Waals surface area (Å²) >= 11 is 0. The molecule has 54 heavy (non-hydrogen) atoms. The molecule has 6 atom stereocenters. The lowest BCUT2D eigenvalue weighted by Gasteiger charge is -2.34. The van der Waals surface area contributed by atoms with Crippen LogP contribution in [0.3, 0.4) is 0 Å². The van der Waals surface area contributed by atoms with Crippen molar-refractivity contribution in [1.82, 2.24) is 25.8 Å². The summed E-state index contributed by atoms with van der Waals surface area (Å²) in [6, 6.07) is 1.36. The number of nitrogens with zero attached hydrogens (tertiary/aromatic N) is 3. The van der Waals surface area contributed by atoms with Crippen LogP contribution < -0.4 is 33.2 Å². The van der Waals surface area contributed by atoms with Gasteiger partial charge in [0.15, 0.2) is 5.96 Å². The van der Waals surface area contributed by atoms with Crippen molar-refractivity contribution >= 4 is 41.4 Å². The molecule has 302 valence electrons. The Bertz CT molecular complexity index is 1460. The van der Waals surface area contributed by atoms with E-state index in [1.807, 2.05) is 34.6 Å². The topological polar surface area (TPSA) is 256 Å². The third-order valence-electron chi connectivity index (χ3n) is 9.57. The second-order valence-electron chi connectivity index (χ2n) is 15.1. The molecule has 1 saturated heterocycles. The van der Waals surface area contributed by atoms with E-state index < -0.39 is 59.7 Å². The van der Waals surface area contributed by atoms with Crippen LogP contribution in [0.25, 0.3) is 0 Å². The van der Waals surface area contributed by atoms with E-state index in [-0.39, 0.29) is 67.7 Å². The molecule has 16 nitrogen and oxygen atoms in total. The molecule has 0 radical (unpaired) electrons. The largest absolute Gasteiger partial charge is 0.508 e. The summed E-state index contributed by atoms with van der Waals surface area (Å²) in [5, 5.41) is 18.3. The lowest BCUT2D eigenvalue weighted by atomic mass is 9.95. The molecule has 0 unspecified atom stereocenters. The van der Waals surface area contributed by atoms with E-state index in [4.69, 9.17) is 17.2 Å². The van der Waals surface area contributed by atoms with Crippen molar-refractivity contribution in [2.75, 3.05) is 19.6 Å². The van der Waals surface area contributed by atoms with E-state index in [2.05, 4.69) is 20.9 Å². The van der Waals surface area contributed by atoms with Gasteiger partial charge in [0, 0.05) is 33.0 Å². The summed E-state index contributed by atoms with van der Waals surface area (Å²) in [5.74, 6) is -3.58. The number of hydrogen-bond acceptors (Lipinski definition) is 8. The van der Waals surface area contributed by atoms with Gasteiger partial charge in [-0.25, -0.2) is 0 Å². The van der Waals surface area contributed by atoms with Gasteiger partial charge in [0.2, 0.25) is 35.4 Å². The van der Waals surface area contributed by atoms with Gasteiger partial charge in [-0.1, -0.05) is 60.1 Å². The number of aliphatic imine (C=N–C) groups is 1. The Kier molecular flexibility index (Phi) is 18.2. The van der Waals surface area contributed by atoms with E-state index in [9.17, 15) is 33.9 Å². The van der Waals surface area contributed by atoms with E-state index >= 15 is 0 Å². The van der Waals surface area contributed by atoms with Crippen LogP contribution in [0.5, 0.6) is 5.75 Å². The molecule has 10 N–H and O–H groups in total. The van der Waals surface area contributed by atoms with E-state index in [1.165, 1.54) is 28.9 Å². The molecule has 1 aliphatic heterocycles. The maximum Gasteiger partial charge on any atom is 0.245 e. The maximum absolute atomic E-state index is 14.2. The Labute approximate surface area is 319 Å². The van der Waals surface area contributed by atoms with Crippen LogP contribution in [-0.4, -0.2) is 106 Å². The number of aromatic hydroxyl groups is 1. The fourth-order valence-corrected chi connectivity index (χ4v) is 6.55. The number of phenolic OH excluding ortho intramolecular Hbond substituents is 1. The monoisotopic (exact) mass is 757 g/mol. The molecule has 1 aliphatic rings. The fraction of sp³-hybridized carbons (Fsp3) is 0.658. The SMILES string of the molecule is CC[C@H](C)[C@H](NC(=O)[C@H](Cc1ccc(O)cc1)N(CC(C)C)C(C)=O)C(=O)N[C@@H](CCCN=C(N)N)C(=O)N[C@@H](CC(C)C)C(=O)N1CCC[C@H]1C(N)=O. The number of phenols is 1. The van der Waals surface area contributed by atoms with Gasteiger partial charge in [-0.2, -0.15) is 0 Å². The first kappa shape index (κ1) is 45.3. The molecule has 0 aromatic heterocycles. The molecule has 2 rings (SSSR count). The average Bonchev–Trinajstić information content (AvgIpc) is 3.60. The highest BCUT2D eigenvalue weighted by molar-refractivity contribution is 5.96. The predicted octanol–water partition coefficient (Wildman–Crippen LogP) is 0.884. The number of nitrogens with one attached hydrogen (secondary N) is 3. The maximum atomic E-state index is 14.2. The molecule has 1 fully saturated rings. The third-order valence-corrected chi connectivity index (χ3v) is 9.57. The Hall–Kier alpha value is -4.89. The number of nitrogens with two attached hydrogens (primary N) is 3. The van der Waals surface area contributed by atoms with Gasteiger partial charge in [-0.15, -0.1) is 0 Å². The Morgan fingerprint density at radius 1 is 0.907 bits per heavy atom. The van der Waals surface area contributed by atoms with Crippen LogP contribution in [0.15, 0.2) is 29.3 Å². The van der Waals surface area contributed by atoms with Crippen molar-refractivity contribution in [3.8, 4) is 5.75 Å². The van der Waals surface area contributed by atoms with Crippen molar-refractivity contribution in [3.63, 3.8) is 0 Å². The van der Waals surface area contributed by atoms with E-state index in [0.29, 0.717) is 37.8 Å². The van der Waals surface area contributed by atoms with Gasteiger partial charge >= 0.3 is 0 Å².